The summed E-state index contributed by atoms with van der Waals surface area (Å²) in [6.45, 7) is 6.06. The van der Waals surface area contributed by atoms with Gasteiger partial charge in [-0.05, 0) is 56.7 Å². The molecule has 1 amide bonds. The average molecular weight is 287 g/mol. The van der Waals surface area contributed by atoms with Crippen LogP contribution in [0.15, 0.2) is 29.4 Å². The van der Waals surface area contributed by atoms with Crippen molar-refractivity contribution in [2.45, 2.75) is 52.5 Å². The third kappa shape index (κ3) is 4.59. The number of amides is 1. The van der Waals surface area contributed by atoms with Crippen molar-refractivity contribution < 1.29 is 4.79 Å². The maximum Gasteiger partial charge on any atom is 0.262 e. The van der Waals surface area contributed by atoms with Crippen molar-refractivity contribution in [3.05, 3.63) is 29.8 Å². The molecule has 0 radical (unpaired) electrons. The molecule has 1 aliphatic rings. The van der Waals surface area contributed by atoms with E-state index in [2.05, 4.69) is 22.8 Å². The number of nitrogens with one attached hydrogen (secondary N) is 2. The lowest BCUT2D eigenvalue weighted by molar-refractivity contribution is -0.121. The molecule has 21 heavy (non-hydrogen) atoms. The molecule has 2 rings (SSSR count). The second-order valence-electron chi connectivity index (χ2n) is 5.96. The number of carbonyl (C=O) groups is 1. The Morgan fingerprint density at radius 3 is 2.90 bits per heavy atom. The van der Waals surface area contributed by atoms with Gasteiger partial charge in [-0.2, -0.15) is 5.10 Å². The summed E-state index contributed by atoms with van der Waals surface area (Å²) in [5.41, 5.74) is 5.95. The third-order valence-electron chi connectivity index (χ3n) is 3.99. The predicted octanol–water partition coefficient (Wildman–Crippen LogP) is 3.48. The molecule has 0 saturated heterocycles. The third-order valence-corrected chi connectivity index (χ3v) is 3.99. The van der Waals surface area contributed by atoms with Crippen LogP contribution in [-0.2, 0) is 4.79 Å². The largest absolute Gasteiger partial charge is 0.374 e. The number of aryl methyl sites for hydroxylation is 1. The molecule has 0 unspecified atom stereocenters. The summed E-state index contributed by atoms with van der Waals surface area (Å²) in [5, 5.41) is 7.52. The minimum atomic E-state index is -0.310. The first-order valence-corrected chi connectivity index (χ1v) is 7.76. The Labute approximate surface area is 127 Å². The van der Waals surface area contributed by atoms with Crippen molar-refractivity contribution in [3.63, 3.8) is 0 Å². The first-order chi connectivity index (χ1) is 10.1. The summed E-state index contributed by atoms with van der Waals surface area (Å²) in [5.74, 6) is 0.390. The van der Waals surface area contributed by atoms with E-state index in [0.29, 0.717) is 5.92 Å². The number of rotatable bonds is 4. The molecule has 2 atom stereocenters. The highest BCUT2D eigenvalue weighted by atomic mass is 16.2. The van der Waals surface area contributed by atoms with Crippen LogP contribution in [0.1, 0.15) is 45.1 Å². The molecule has 1 aromatic carbocycles. The molecular formula is C17H25N3O. The number of anilines is 1. The summed E-state index contributed by atoms with van der Waals surface area (Å²) in [6.07, 6.45) is 4.61. The molecule has 1 aliphatic carbocycles. The van der Waals surface area contributed by atoms with Gasteiger partial charge in [-0.1, -0.05) is 25.5 Å². The zero-order valence-electron chi connectivity index (χ0n) is 13.1. The maximum absolute atomic E-state index is 12.1. The van der Waals surface area contributed by atoms with E-state index in [4.69, 9.17) is 0 Å². The van der Waals surface area contributed by atoms with E-state index in [9.17, 15) is 4.79 Å². The van der Waals surface area contributed by atoms with Crippen LogP contribution in [0.3, 0.4) is 0 Å². The molecule has 114 valence electrons. The maximum atomic E-state index is 12.1. The van der Waals surface area contributed by atoms with Crippen molar-refractivity contribution in [3.8, 4) is 0 Å². The zero-order chi connectivity index (χ0) is 15.2. The van der Waals surface area contributed by atoms with E-state index in [1.54, 1.807) is 0 Å². The monoisotopic (exact) mass is 287 g/mol. The van der Waals surface area contributed by atoms with Crippen molar-refractivity contribution >= 4 is 17.3 Å². The smallest absolute Gasteiger partial charge is 0.262 e. The summed E-state index contributed by atoms with van der Waals surface area (Å²) in [4.78, 5) is 12.1. The molecule has 1 saturated carbocycles. The SMILES string of the molecule is Cc1cccc(N[C@H](C)C(=O)N/N=C2\CCCC[C@@H]2C)c1. The quantitative estimate of drug-likeness (QED) is 0.833. The highest BCUT2D eigenvalue weighted by molar-refractivity contribution is 5.90. The van der Waals surface area contributed by atoms with Crippen LogP contribution in [0, 0.1) is 12.8 Å². The van der Waals surface area contributed by atoms with Gasteiger partial charge in [-0.15, -0.1) is 0 Å². The second-order valence-corrected chi connectivity index (χ2v) is 5.96. The highest BCUT2D eigenvalue weighted by Gasteiger charge is 2.17. The Hall–Kier alpha value is -1.84. The summed E-state index contributed by atoms with van der Waals surface area (Å²) >= 11 is 0. The number of hydrazone groups is 1. The van der Waals surface area contributed by atoms with E-state index in [1.807, 2.05) is 38.1 Å². The molecule has 2 N–H and O–H groups in total. The van der Waals surface area contributed by atoms with Crippen molar-refractivity contribution in [2.75, 3.05) is 5.32 Å². The van der Waals surface area contributed by atoms with Crippen molar-refractivity contribution in [1.29, 1.82) is 0 Å². The van der Waals surface area contributed by atoms with Gasteiger partial charge in [-0.3, -0.25) is 4.79 Å². The fraction of sp³-hybridized carbons (Fsp3) is 0.529. The van der Waals surface area contributed by atoms with Gasteiger partial charge in [-0.25, -0.2) is 5.43 Å². The van der Waals surface area contributed by atoms with Gasteiger partial charge >= 0.3 is 0 Å². The summed E-state index contributed by atoms with van der Waals surface area (Å²) < 4.78 is 0. The topological polar surface area (TPSA) is 53.5 Å². The minimum absolute atomic E-state index is 0.0956. The van der Waals surface area contributed by atoms with E-state index in [1.165, 1.54) is 24.8 Å². The Morgan fingerprint density at radius 1 is 1.38 bits per heavy atom. The Balaban J connectivity index is 1.89. The molecule has 1 aromatic rings. The highest BCUT2D eigenvalue weighted by Crippen LogP contribution is 2.20. The average Bonchev–Trinajstić information content (AvgIpc) is 2.46. The van der Waals surface area contributed by atoms with Gasteiger partial charge in [0.15, 0.2) is 0 Å². The number of hydrogen-bond donors (Lipinski definition) is 2. The normalized spacial score (nSPS) is 21.9. The Morgan fingerprint density at radius 2 is 2.19 bits per heavy atom. The van der Waals surface area contributed by atoms with Crippen molar-refractivity contribution in [1.82, 2.24) is 5.43 Å². The number of carbonyl (C=O) groups excluding carboxylic acids is 1. The second kappa shape index (κ2) is 7.25. The fourth-order valence-corrected chi connectivity index (χ4v) is 2.61. The van der Waals surface area contributed by atoms with Gasteiger partial charge < -0.3 is 5.32 Å². The molecule has 4 nitrogen and oxygen atoms in total. The molecule has 4 heteroatoms. The van der Waals surface area contributed by atoms with Gasteiger partial charge in [0, 0.05) is 11.4 Å². The van der Waals surface area contributed by atoms with E-state index < -0.39 is 0 Å². The summed E-state index contributed by atoms with van der Waals surface area (Å²) in [6, 6.07) is 7.69. The van der Waals surface area contributed by atoms with Crippen LogP contribution in [0.25, 0.3) is 0 Å². The molecule has 1 fully saturated rings. The predicted molar refractivity (Wildman–Crippen MR) is 87.5 cm³/mol. The lowest BCUT2D eigenvalue weighted by Gasteiger charge is -2.20. The molecular weight excluding hydrogens is 262 g/mol. The summed E-state index contributed by atoms with van der Waals surface area (Å²) in [7, 11) is 0. The van der Waals surface area contributed by atoms with Crippen LogP contribution in [0.2, 0.25) is 0 Å². The van der Waals surface area contributed by atoms with Crippen LogP contribution in [0.5, 0.6) is 0 Å². The minimum Gasteiger partial charge on any atom is -0.374 e. The first kappa shape index (κ1) is 15.5. The number of nitrogens with zero attached hydrogens (tertiary/aromatic N) is 1. The fourth-order valence-electron chi connectivity index (χ4n) is 2.61. The van der Waals surface area contributed by atoms with Crippen LogP contribution in [0.4, 0.5) is 5.69 Å². The molecule has 0 aliphatic heterocycles. The van der Waals surface area contributed by atoms with Gasteiger partial charge in [0.2, 0.25) is 0 Å². The lowest BCUT2D eigenvalue weighted by atomic mass is 9.89. The number of benzene rings is 1. The van der Waals surface area contributed by atoms with Crippen LogP contribution in [-0.4, -0.2) is 17.7 Å². The lowest BCUT2D eigenvalue weighted by Crippen LogP contribution is -2.36. The zero-order valence-corrected chi connectivity index (χ0v) is 13.1. The van der Waals surface area contributed by atoms with Gasteiger partial charge in [0.05, 0.1) is 0 Å². The van der Waals surface area contributed by atoms with Crippen LogP contribution < -0.4 is 10.7 Å². The van der Waals surface area contributed by atoms with E-state index >= 15 is 0 Å². The molecule has 0 spiro atoms. The van der Waals surface area contributed by atoms with Crippen molar-refractivity contribution in [2.24, 2.45) is 11.0 Å². The van der Waals surface area contributed by atoms with Gasteiger partial charge in [0.25, 0.3) is 5.91 Å². The van der Waals surface area contributed by atoms with Gasteiger partial charge in [0.1, 0.15) is 6.04 Å². The molecule has 0 aromatic heterocycles. The molecule has 0 bridgehead atoms. The first-order valence-electron chi connectivity index (χ1n) is 7.76. The van der Waals surface area contributed by atoms with E-state index in [-0.39, 0.29) is 11.9 Å². The van der Waals surface area contributed by atoms with E-state index in [0.717, 1.165) is 17.8 Å². The molecule has 0 heterocycles. The Kier molecular flexibility index (Phi) is 5.37. The Bertz CT molecular complexity index is 525. The van der Waals surface area contributed by atoms with Crippen LogP contribution >= 0.6 is 0 Å². The number of hydrogen-bond acceptors (Lipinski definition) is 3. The standard InChI is InChI=1S/C17H25N3O/c1-12-7-6-9-15(11-12)18-14(3)17(21)20-19-16-10-5-4-8-13(16)2/h6-7,9,11,13-14,18H,4-5,8,10H2,1-3H3,(H,20,21)/b19-16+/t13-,14+/m0/s1.